The van der Waals surface area contributed by atoms with Crippen LogP contribution < -0.4 is 5.73 Å². The fourth-order valence-corrected chi connectivity index (χ4v) is 4.48. The first-order chi connectivity index (χ1) is 12.8. The highest BCUT2D eigenvalue weighted by atomic mass is 127. The molecule has 3 aromatic rings. The Morgan fingerprint density at radius 3 is 2.70 bits per heavy atom. The normalized spacial score (nSPS) is 20.3. The minimum Gasteiger partial charge on any atom is -0.383 e. The maximum absolute atomic E-state index is 8.08. The maximum atomic E-state index is 8.08. The molecule has 146 valence electrons. The van der Waals surface area contributed by atoms with Gasteiger partial charge in [0.1, 0.15) is 17.8 Å². The van der Waals surface area contributed by atoms with Crippen LogP contribution in [-0.2, 0) is 0 Å². The lowest BCUT2D eigenvalue weighted by atomic mass is 10.0. The summed E-state index contributed by atoms with van der Waals surface area (Å²) in [5.41, 5.74) is 8.23. The van der Waals surface area contributed by atoms with Crippen molar-refractivity contribution < 1.29 is 10.2 Å². The van der Waals surface area contributed by atoms with E-state index in [-0.39, 0.29) is 0 Å². The van der Waals surface area contributed by atoms with Crippen LogP contribution in [0.15, 0.2) is 31.0 Å². The monoisotopic (exact) mass is 502 g/mol. The molecule has 0 saturated heterocycles. The maximum Gasteiger partial charge on any atom is 0.156 e. The predicted octanol–water partition coefficient (Wildman–Crippen LogP) is 3.22. The lowest BCUT2D eigenvalue weighted by molar-refractivity contribution is -0.127. The lowest BCUT2D eigenvalue weighted by Crippen LogP contribution is -2.15. The van der Waals surface area contributed by atoms with E-state index >= 15 is 0 Å². The summed E-state index contributed by atoms with van der Waals surface area (Å²) in [6.07, 6.45) is 12.0. The molecule has 1 aliphatic rings. The molecule has 3 aromatic heterocycles. The van der Waals surface area contributed by atoms with Crippen LogP contribution in [-0.4, -0.2) is 40.1 Å². The third kappa shape index (κ3) is 5.16. The van der Waals surface area contributed by atoms with Gasteiger partial charge in [0.15, 0.2) is 5.79 Å². The summed E-state index contributed by atoms with van der Waals surface area (Å²) in [5, 5.41) is 21.5. The van der Waals surface area contributed by atoms with E-state index in [9.17, 15) is 0 Å². The van der Waals surface area contributed by atoms with Crippen LogP contribution in [0.3, 0.4) is 0 Å². The molecule has 0 amide bonds. The Hall–Kier alpha value is -1.29. The van der Waals surface area contributed by atoms with Crippen molar-refractivity contribution in [3.8, 4) is 0 Å². The Bertz CT molecular complexity index is 900. The van der Waals surface area contributed by atoms with Crippen molar-refractivity contribution in [2.24, 2.45) is 0 Å². The molecule has 0 radical (unpaired) electrons. The average Bonchev–Trinajstić information content (AvgIpc) is 3.31. The molecule has 3 heterocycles. The molecule has 10 heteroatoms. The Morgan fingerprint density at radius 2 is 2.04 bits per heavy atom. The van der Waals surface area contributed by atoms with Crippen LogP contribution in [0.2, 0.25) is 0 Å². The number of hydrogen-bond donors (Lipinski definition) is 3. The van der Waals surface area contributed by atoms with E-state index in [1.165, 1.54) is 25.8 Å². The molecule has 3 atom stereocenters. The molecular weight excluding hydrogens is 478 g/mol. The van der Waals surface area contributed by atoms with E-state index in [1.54, 1.807) is 6.33 Å². The van der Waals surface area contributed by atoms with Crippen molar-refractivity contribution in [1.29, 1.82) is 0 Å². The highest BCUT2D eigenvalue weighted by Crippen LogP contribution is 2.42. The molecule has 1 saturated carbocycles. The number of aromatic nitrogens is 5. The molecule has 4 N–H and O–H groups in total. The first-order valence-corrected chi connectivity index (χ1v) is 12.8. The molecule has 8 nitrogen and oxygen atoms in total. The van der Waals surface area contributed by atoms with Crippen LogP contribution in [0.1, 0.15) is 50.6 Å². The molecule has 1 aliphatic carbocycles. The summed E-state index contributed by atoms with van der Waals surface area (Å²) in [5.74, 6) is -0.356. The van der Waals surface area contributed by atoms with E-state index in [0.717, 1.165) is 23.9 Å². The second kappa shape index (κ2) is 8.38. The summed E-state index contributed by atoms with van der Waals surface area (Å²) in [7, 11) is 0. The Morgan fingerprint density at radius 1 is 1.30 bits per heavy atom. The highest BCUT2D eigenvalue weighted by Gasteiger charge is 2.29. The van der Waals surface area contributed by atoms with Crippen LogP contribution in [0.5, 0.6) is 0 Å². The fraction of sp³-hybridized carbons (Fsp3) is 0.471. The van der Waals surface area contributed by atoms with Crippen LogP contribution in [0, 0.1) is 0 Å². The van der Waals surface area contributed by atoms with E-state index in [4.69, 9.17) is 15.9 Å². The number of fused-ring (bicyclic) bond motifs is 1. The zero-order valence-corrected chi connectivity index (χ0v) is 18.4. The quantitative estimate of drug-likeness (QED) is 0.288. The molecule has 27 heavy (non-hydrogen) atoms. The van der Waals surface area contributed by atoms with Crippen LogP contribution in [0.4, 0.5) is 5.82 Å². The predicted molar refractivity (Wildman–Crippen MR) is 116 cm³/mol. The summed E-state index contributed by atoms with van der Waals surface area (Å²) < 4.78 is 4.28. The SMILES string of the molecule is CC(C)(O)O.Nc1ncnc2c1ccn2C1CCC(c2cnn(PI)c2)C1. The molecule has 0 aromatic carbocycles. The largest absolute Gasteiger partial charge is 0.383 e. The molecule has 0 bridgehead atoms. The van der Waals surface area contributed by atoms with Gasteiger partial charge >= 0.3 is 0 Å². The molecule has 3 unspecified atom stereocenters. The van der Waals surface area contributed by atoms with Crippen molar-refractivity contribution in [1.82, 2.24) is 24.1 Å². The van der Waals surface area contributed by atoms with E-state index in [1.807, 2.05) is 16.7 Å². The molecule has 1 fully saturated rings. The number of hydrogen-bond acceptors (Lipinski definition) is 6. The number of aliphatic hydroxyl groups is 2. The third-order valence-corrected chi connectivity index (χ3v) is 6.40. The van der Waals surface area contributed by atoms with Crippen LogP contribution >= 0.6 is 28.4 Å². The first-order valence-electron chi connectivity index (χ1n) is 8.69. The first kappa shape index (κ1) is 20.4. The Labute approximate surface area is 172 Å². The summed E-state index contributed by atoms with van der Waals surface area (Å²) in [6.45, 7) is 2.60. The van der Waals surface area contributed by atoms with E-state index in [0.29, 0.717) is 24.2 Å². The van der Waals surface area contributed by atoms with Gasteiger partial charge in [-0.15, -0.1) is 0 Å². The van der Waals surface area contributed by atoms with Gasteiger partial charge in [-0.1, -0.05) is 0 Å². The zero-order chi connectivity index (χ0) is 19.6. The van der Waals surface area contributed by atoms with Gasteiger partial charge in [-0.2, -0.15) is 5.10 Å². The van der Waals surface area contributed by atoms with Gasteiger partial charge in [-0.3, -0.25) is 0 Å². The third-order valence-electron chi connectivity index (χ3n) is 4.50. The summed E-state index contributed by atoms with van der Waals surface area (Å²) >= 11 is 2.35. The van der Waals surface area contributed by atoms with E-state index < -0.39 is 5.79 Å². The van der Waals surface area contributed by atoms with Gasteiger partial charge in [0, 0.05) is 18.4 Å². The van der Waals surface area contributed by atoms with Crippen LogP contribution in [0.25, 0.3) is 11.0 Å². The van der Waals surface area contributed by atoms with Crippen molar-refractivity contribution in [2.45, 2.75) is 50.9 Å². The second-order valence-corrected chi connectivity index (χ2v) is 9.25. The van der Waals surface area contributed by atoms with Gasteiger partial charge in [-0.05, 0) is 72.7 Å². The van der Waals surface area contributed by atoms with Gasteiger partial charge < -0.3 is 20.5 Å². The minimum absolute atomic E-state index is 0.474. The number of anilines is 1. The Kier molecular flexibility index (Phi) is 6.35. The molecule has 0 aliphatic heterocycles. The van der Waals surface area contributed by atoms with Gasteiger partial charge in [0.05, 0.1) is 18.0 Å². The fourth-order valence-electron chi connectivity index (χ4n) is 3.39. The molecule has 4 rings (SSSR count). The van der Waals surface area contributed by atoms with Gasteiger partial charge in [0.25, 0.3) is 0 Å². The van der Waals surface area contributed by atoms with Crippen molar-refractivity contribution >= 4 is 45.3 Å². The number of nitrogens with two attached hydrogens (primary N) is 1. The summed E-state index contributed by atoms with van der Waals surface area (Å²) in [6, 6.07) is 2.50. The Balaban J connectivity index is 0.000000376. The zero-order valence-electron chi connectivity index (χ0n) is 15.2. The lowest BCUT2D eigenvalue weighted by Gasteiger charge is -2.13. The second-order valence-electron chi connectivity index (χ2n) is 7.18. The van der Waals surface area contributed by atoms with Crippen molar-refractivity contribution in [3.63, 3.8) is 0 Å². The number of rotatable bonds is 3. The minimum atomic E-state index is -1.50. The average molecular weight is 502 g/mol. The molecular formula is C17H24IN6O2P. The smallest absolute Gasteiger partial charge is 0.156 e. The van der Waals surface area contributed by atoms with Gasteiger partial charge in [0.2, 0.25) is 0 Å². The highest BCUT2D eigenvalue weighted by molar-refractivity contribution is 14.2. The standard InChI is InChI=1S/C14H16IN6P.C3H8O2/c15-22-21-7-10(6-19-21)9-1-2-11(5-9)20-4-3-12-13(16)17-8-18-14(12)20;1-3(2,4)5/h3-4,6-9,11,22H,1-2,5H2,(H2,16,17,18);4-5H,1-2H3. The number of nitrogens with zero attached hydrogens (tertiary/aromatic N) is 5. The van der Waals surface area contributed by atoms with Gasteiger partial charge in [-0.25, -0.2) is 14.4 Å². The van der Waals surface area contributed by atoms with Crippen molar-refractivity contribution in [3.05, 3.63) is 36.5 Å². The number of halogens is 1. The number of nitrogen functional groups attached to an aromatic ring is 1. The topological polar surface area (TPSA) is 115 Å². The van der Waals surface area contributed by atoms with E-state index in [2.05, 4.69) is 54.1 Å². The summed E-state index contributed by atoms with van der Waals surface area (Å²) in [4.78, 5) is 8.48. The van der Waals surface area contributed by atoms with Crippen molar-refractivity contribution in [2.75, 3.05) is 5.73 Å². The molecule has 0 spiro atoms.